The van der Waals surface area contributed by atoms with E-state index in [9.17, 15) is 34.5 Å². The third-order valence-corrected chi connectivity index (χ3v) is 12.5. The maximum absolute atomic E-state index is 14.4. The zero-order valence-corrected chi connectivity index (χ0v) is 39.0. The SMILES string of the molecule is CC[C@H]1OC(=O)[C@H](C)[C@@H](O[C@H]2C[C@@](C)(OC)[C@@H](OC(C)=O)[C@H](C)O2)[C@H](C)[C@@H](O[C@@H]2O[C@H](C)C[C@H](N(C)C)[C@H]2OC(C)=O)[C@](C)(O)C/C(C)=C(/NOC(C)=O)[C@H](C)[C@@H](O)[C@]1(C)O. The number of rotatable bonds is 11. The van der Waals surface area contributed by atoms with Crippen molar-refractivity contribution in [2.75, 3.05) is 21.2 Å². The fourth-order valence-electron chi connectivity index (χ4n) is 9.25. The molecule has 2 fully saturated rings. The number of carbonyl (C=O) groups is 4. The molecule has 0 aliphatic carbocycles. The number of ether oxygens (including phenoxy) is 8. The number of nitrogens with one attached hydrogen (secondary N) is 1. The van der Waals surface area contributed by atoms with Crippen LogP contribution in [0.1, 0.15) is 116 Å². The molecule has 0 saturated carbocycles. The number of esters is 3. The van der Waals surface area contributed by atoms with E-state index in [0.717, 1.165) is 0 Å². The molecule has 0 unspecified atom stereocenters. The standard InChI is InChI=1S/C43H74N2O16/c1-17-31-43(13,52)36(49)23(4)33(44-61-29(10)48)21(2)19-41(11,51)37(60-40-35(56-27(8)46)30(45(14)15)18-22(3)54-40)24(5)34(25(6)39(50)58-31)59-32-20-42(12,53-16)38(26(7)55-32)57-28(9)47/h22-26,30-32,34-38,40,44,49,51-52H,17-20H2,1-16H3/b33-21+/t22-,23+,24+,25-,26+,30+,31-,32+,34+,35-,36-,37-,38+,40+,41-,42-,43-/m1/s1. The van der Waals surface area contributed by atoms with Gasteiger partial charge in [0.2, 0.25) is 0 Å². The third-order valence-electron chi connectivity index (χ3n) is 12.5. The van der Waals surface area contributed by atoms with Crippen molar-refractivity contribution in [3.63, 3.8) is 0 Å². The summed E-state index contributed by atoms with van der Waals surface area (Å²) in [6.45, 7) is 20.3. The first-order valence-corrected chi connectivity index (χ1v) is 21.3. The van der Waals surface area contributed by atoms with Crippen LogP contribution in [0.5, 0.6) is 0 Å². The first kappa shape index (κ1) is 52.4. The van der Waals surface area contributed by atoms with Crippen molar-refractivity contribution >= 4 is 23.9 Å². The summed E-state index contributed by atoms with van der Waals surface area (Å²) < 4.78 is 49.8. The summed E-state index contributed by atoms with van der Waals surface area (Å²) in [7, 11) is 5.18. The van der Waals surface area contributed by atoms with E-state index >= 15 is 0 Å². The molecule has 3 aliphatic heterocycles. The number of likely N-dealkylation sites (N-methyl/N-ethyl adjacent to an activating group) is 1. The molecule has 3 rings (SSSR count). The number of aliphatic hydroxyl groups is 3. The van der Waals surface area contributed by atoms with Gasteiger partial charge in [-0.2, -0.15) is 0 Å². The van der Waals surface area contributed by atoms with Gasteiger partial charge in [-0.05, 0) is 81.0 Å². The van der Waals surface area contributed by atoms with E-state index in [-0.39, 0.29) is 37.1 Å². The van der Waals surface area contributed by atoms with Crippen LogP contribution in [-0.2, 0) is 61.9 Å². The van der Waals surface area contributed by atoms with Gasteiger partial charge in [0, 0.05) is 52.6 Å². The first-order chi connectivity index (χ1) is 28.1. The Morgan fingerprint density at radius 2 is 1.49 bits per heavy atom. The predicted molar refractivity (Wildman–Crippen MR) is 219 cm³/mol. The zero-order chi connectivity index (χ0) is 46.5. The molecule has 0 bridgehead atoms. The summed E-state index contributed by atoms with van der Waals surface area (Å²) in [5.74, 6) is -5.63. The zero-order valence-electron chi connectivity index (χ0n) is 39.0. The Kier molecular flexibility index (Phi) is 18.2. The van der Waals surface area contributed by atoms with Gasteiger partial charge >= 0.3 is 23.9 Å². The van der Waals surface area contributed by atoms with Crippen molar-refractivity contribution in [1.82, 2.24) is 10.4 Å². The van der Waals surface area contributed by atoms with Crippen LogP contribution in [0.25, 0.3) is 0 Å². The van der Waals surface area contributed by atoms with E-state index in [1.165, 1.54) is 41.7 Å². The van der Waals surface area contributed by atoms with Gasteiger partial charge < -0.3 is 63.0 Å². The molecule has 4 N–H and O–H groups in total. The van der Waals surface area contributed by atoms with E-state index in [1.54, 1.807) is 48.5 Å². The Morgan fingerprint density at radius 3 is 2.02 bits per heavy atom. The van der Waals surface area contributed by atoms with Crippen LogP contribution in [0, 0.1) is 17.8 Å². The Balaban J connectivity index is 2.33. The molecule has 0 aromatic rings. The van der Waals surface area contributed by atoms with Crippen LogP contribution < -0.4 is 5.48 Å². The number of carbonyl (C=O) groups excluding carboxylic acids is 4. The summed E-state index contributed by atoms with van der Waals surface area (Å²) in [6.07, 6.45) is -10.0. The maximum Gasteiger partial charge on any atom is 0.329 e. The van der Waals surface area contributed by atoms with E-state index < -0.39 is 114 Å². The summed E-state index contributed by atoms with van der Waals surface area (Å²) in [5.41, 5.74) is -1.79. The second kappa shape index (κ2) is 21.2. The molecular formula is C43H74N2O16. The normalized spacial score (nSPS) is 43.1. The fraction of sp³-hybridized carbons (Fsp3) is 0.860. The highest BCUT2D eigenvalue weighted by Gasteiger charge is 2.54. The van der Waals surface area contributed by atoms with Gasteiger partial charge in [-0.3, -0.25) is 19.2 Å². The number of aliphatic hydroxyl groups excluding tert-OH is 1. The molecule has 3 aliphatic rings. The smallest absolute Gasteiger partial charge is 0.329 e. The van der Waals surface area contributed by atoms with Gasteiger partial charge in [0.05, 0.1) is 53.8 Å². The van der Waals surface area contributed by atoms with Gasteiger partial charge in [-0.1, -0.05) is 20.8 Å². The molecule has 17 atom stereocenters. The van der Waals surface area contributed by atoms with Crippen LogP contribution in [0.3, 0.4) is 0 Å². The average molecular weight is 875 g/mol. The predicted octanol–water partition coefficient (Wildman–Crippen LogP) is 3.06. The molecule has 61 heavy (non-hydrogen) atoms. The Hall–Kier alpha value is -2.94. The molecule has 0 spiro atoms. The van der Waals surface area contributed by atoms with Gasteiger partial charge in [-0.15, -0.1) is 0 Å². The minimum Gasteiger partial charge on any atom is -0.459 e. The number of hydrogen-bond donors (Lipinski definition) is 4. The molecule has 352 valence electrons. The number of hydroxylamine groups is 1. The maximum atomic E-state index is 14.4. The lowest BCUT2D eigenvalue weighted by Gasteiger charge is -2.49. The summed E-state index contributed by atoms with van der Waals surface area (Å²) in [6, 6.07) is -0.353. The average Bonchev–Trinajstić information content (AvgIpc) is 3.15. The minimum absolute atomic E-state index is 0.0460. The molecule has 2 saturated heterocycles. The van der Waals surface area contributed by atoms with Crippen molar-refractivity contribution in [2.45, 2.75) is 200 Å². The van der Waals surface area contributed by atoms with Crippen molar-refractivity contribution in [2.24, 2.45) is 17.8 Å². The molecule has 0 amide bonds. The highest BCUT2D eigenvalue weighted by molar-refractivity contribution is 5.73. The lowest BCUT2D eigenvalue weighted by atomic mass is 9.76. The largest absolute Gasteiger partial charge is 0.459 e. The molecular weight excluding hydrogens is 800 g/mol. The molecule has 0 aromatic carbocycles. The Labute approximate surface area is 361 Å². The monoisotopic (exact) mass is 875 g/mol. The third kappa shape index (κ3) is 12.6. The minimum atomic E-state index is -2.04. The summed E-state index contributed by atoms with van der Waals surface area (Å²) in [4.78, 5) is 58.3. The Bertz CT molecular complexity index is 1550. The van der Waals surface area contributed by atoms with Crippen molar-refractivity contribution in [3.8, 4) is 0 Å². The first-order valence-electron chi connectivity index (χ1n) is 21.3. The number of hydrogen-bond acceptors (Lipinski definition) is 18. The van der Waals surface area contributed by atoms with Crippen LogP contribution in [0.2, 0.25) is 0 Å². The number of cyclic esters (lactones) is 1. The lowest BCUT2D eigenvalue weighted by Crippen LogP contribution is -2.61. The van der Waals surface area contributed by atoms with Gasteiger partial charge in [-0.25, -0.2) is 5.48 Å². The van der Waals surface area contributed by atoms with Crippen LogP contribution in [-0.4, -0.2) is 150 Å². The fourth-order valence-corrected chi connectivity index (χ4v) is 9.25. The van der Waals surface area contributed by atoms with E-state index in [4.69, 9.17) is 42.7 Å². The number of nitrogens with zero attached hydrogens (tertiary/aromatic N) is 1. The van der Waals surface area contributed by atoms with Crippen LogP contribution in [0.4, 0.5) is 0 Å². The van der Waals surface area contributed by atoms with Crippen LogP contribution >= 0.6 is 0 Å². The highest BCUT2D eigenvalue weighted by atomic mass is 16.7. The van der Waals surface area contributed by atoms with E-state index in [1.807, 2.05) is 25.9 Å². The van der Waals surface area contributed by atoms with Gasteiger partial charge in [0.25, 0.3) is 0 Å². The molecule has 0 aromatic heterocycles. The second-order valence-electron chi connectivity index (χ2n) is 18.2. The quantitative estimate of drug-likeness (QED) is 0.133. The topological polar surface area (TPSA) is 227 Å². The summed E-state index contributed by atoms with van der Waals surface area (Å²) in [5, 5.41) is 36.6. The van der Waals surface area contributed by atoms with E-state index in [2.05, 4.69) is 5.48 Å². The van der Waals surface area contributed by atoms with Gasteiger partial charge in [0.1, 0.15) is 17.3 Å². The lowest BCUT2D eigenvalue weighted by molar-refractivity contribution is -0.318. The number of methoxy groups -OCH3 is 1. The molecule has 18 heteroatoms. The Morgan fingerprint density at radius 1 is 0.885 bits per heavy atom. The van der Waals surface area contributed by atoms with E-state index in [0.29, 0.717) is 12.0 Å². The highest BCUT2D eigenvalue weighted by Crippen LogP contribution is 2.42. The molecule has 18 nitrogen and oxygen atoms in total. The van der Waals surface area contributed by atoms with Crippen molar-refractivity contribution < 1.29 is 77.2 Å². The van der Waals surface area contributed by atoms with Crippen molar-refractivity contribution in [3.05, 3.63) is 11.3 Å². The van der Waals surface area contributed by atoms with Gasteiger partial charge in [0.15, 0.2) is 24.8 Å². The molecule has 0 radical (unpaired) electrons. The van der Waals surface area contributed by atoms with Crippen LogP contribution in [0.15, 0.2) is 11.3 Å². The molecule has 3 heterocycles. The van der Waals surface area contributed by atoms with Crippen molar-refractivity contribution in [1.29, 1.82) is 0 Å². The summed E-state index contributed by atoms with van der Waals surface area (Å²) >= 11 is 0. The second-order valence-corrected chi connectivity index (χ2v) is 18.2.